The van der Waals surface area contributed by atoms with E-state index in [0.717, 1.165) is 19.1 Å². The summed E-state index contributed by atoms with van der Waals surface area (Å²) in [6.45, 7) is 11.5. The molecule has 0 saturated carbocycles. The molecular formula is C16H31NOS. The first-order valence-corrected chi connectivity index (χ1v) is 9.08. The van der Waals surface area contributed by atoms with E-state index in [4.69, 9.17) is 4.74 Å². The molecule has 0 radical (unpaired) electrons. The van der Waals surface area contributed by atoms with Gasteiger partial charge in [0.2, 0.25) is 0 Å². The molecule has 0 aliphatic carbocycles. The maximum atomic E-state index is 6.17. The summed E-state index contributed by atoms with van der Waals surface area (Å²) in [7, 11) is 0. The Balaban J connectivity index is 1.95. The molecule has 3 unspecified atom stereocenters. The molecule has 0 aromatic carbocycles. The monoisotopic (exact) mass is 285 g/mol. The molecule has 2 nitrogen and oxygen atoms in total. The predicted molar refractivity (Wildman–Crippen MR) is 84.9 cm³/mol. The van der Waals surface area contributed by atoms with Crippen molar-refractivity contribution in [3.63, 3.8) is 0 Å². The zero-order chi connectivity index (χ0) is 13.9. The minimum Gasteiger partial charge on any atom is -0.374 e. The second-order valence-corrected chi connectivity index (χ2v) is 8.28. The van der Waals surface area contributed by atoms with Crippen molar-refractivity contribution in [2.45, 2.75) is 65.0 Å². The lowest BCUT2D eigenvalue weighted by Gasteiger charge is -2.45. The van der Waals surface area contributed by atoms with Crippen molar-refractivity contribution in [2.24, 2.45) is 11.3 Å². The van der Waals surface area contributed by atoms with Crippen LogP contribution in [0.1, 0.15) is 53.4 Å². The van der Waals surface area contributed by atoms with Crippen LogP contribution < -0.4 is 5.32 Å². The maximum Gasteiger partial charge on any atom is 0.0783 e. The van der Waals surface area contributed by atoms with Crippen LogP contribution >= 0.6 is 11.8 Å². The molecule has 0 bridgehead atoms. The van der Waals surface area contributed by atoms with Gasteiger partial charge in [0.05, 0.1) is 5.60 Å². The molecule has 0 aromatic rings. The predicted octanol–water partition coefficient (Wildman–Crippen LogP) is 3.70. The molecule has 0 aromatic heterocycles. The van der Waals surface area contributed by atoms with E-state index in [1.807, 2.05) is 0 Å². The summed E-state index contributed by atoms with van der Waals surface area (Å²) >= 11 is 2.08. The Kier molecular flexibility index (Phi) is 5.24. The highest BCUT2D eigenvalue weighted by molar-refractivity contribution is 7.99. The number of rotatable bonds is 5. The van der Waals surface area contributed by atoms with E-state index >= 15 is 0 Å². The quantitative estimate of drug-likeness (QED) is 0.832. The Morgan fingerprint density at radius 1 is 1.47 bits per heavy atom. The van der Waals surface area contributed by atoms with Crippen molar-refractivity contribution in [1.82, 2.24) is 5.32 Å². The standard InChI is InChI=1S/C16H31NOS/c1-5-17-13(2)10-15(3,4)14-6-8-18-16(11-14)7-9-19-12-16/h13-14,17H,5-12H2,1-4H3. The smallest absolute Gasteiger partial charge is 0.0783 e. The molecule has 112 valence electrons. The lowest BCUT2D eigenvalue weighted by atomic mass is 9.67. The molecule has 19 heavy (non-hydrogen) atoms. The lowest BCUT2D eigenvalue weighted by Crippen LogP contribution is -2.45. The van der Waals surface area contributed by atoms with Crippen LogP contribution in [0.25, 0.3) is 0 Å². The van der Waals surface area contributed by atoms with E-state index in [9.17, 15) is 0 Å². The first-order valence-electron chi connectivity index (χ1n) is 7.92. The molecule has 1 N–H and O–H groups in total. The van der Waals surface area contributed by atoms with Crippen LogP contribution in [0.2, 0.25) is 0 Å². The van der Waals surface area contributed by atoms with Crippen LogP contribution in [-0.2, 0) is 4.74 Å². The fourth-order valence-corrected chi connectivity index (χ4v) is 5.31. The number of hydrogen-bond acceptors (Lipinski definition) is 3. The Morgan fingerprint density at radius 3 is 2.89 bits per heavy atom. The Labute approximate surface area is 123 Å². The van der Waals surface area contributed by atoms with E-state index in [1.165, 1.54) is 37.2 Å². The molecule has 2 fully saturated rings. The highest BCUT2D eigenvalue weighted by Gasteiger charge is 2.44. The third kappa shape index (κ3) is 3.89. The summed E-state index contributed by atoms with van der Waals surface area (Å²) in [6, 6.07) is 0.622. The third-order valence-corrected chi connectivity index (χ3v) is 6.27. The van der Waals surface area contributed by atoms with Gasteiger partial charge < -0.3 is 10.1 Å². The van der Waals surface area contributed by atoms with Crippen molar-refractivity contribution in [3.05, 3.63) is 0 Å². The fourth-order valence-electron chi connectivity index (χ4n) is 3.93. The van der Waals surface area contributed by atoms with Crippen molar-refractivity contribution < 1.29 is 4.74 Å². The molecule has 2 rings (SSSR count). The molecular weight excluding hydrogens is 254 g/mol. The van der Waals surface area contributed by atoms with Gasteiger partial charge in [-0.2, -0.15) is 11.8 Å². The molecule has 3 heteroatoms. The fraction of sp³-hybridized carbons (Fsp3) is 1.00. The largest absolute Gasteiger partial charge is 0.374 e. The molecule has 3 atom stereocenters. The molecule has 2 saturated heterocycles. The van der Waals surface area contributed by atoms with Gasteiger partial charge in [0.1, 0.15) is 0 Å². The van der Waals surface area contributed by atoms with Gasteiger partial charge in [-0.15, -0.1) is 0 Å². The first-order chi connectivity index (χ1) is 8.97. The SMILES string of the molecule is CCNC(C)CC(C)(C)C1CCOC2(CCSC2)C1. The van der Waals surface area contributed by atoms with E-state index in [1.54, 1.807) is 0 Å². The zero-order valence-corrected chi connectivity index (χ0v) is 13.9. The lowest BCUT2D eigenvalue weighted by molar-refractivity contribution is -0.102. The normalized spacial score (nSPS) is 33.8. The summed E-state index contributed by atoms with van der Waals surface area (Å²) in [5, 5.41) is 3.57. The van der Waals surface area contributed by atoms with Gasteiger partial charge in [0, 0.05) is 18.4 Å². The van der Waals surface area contributed by atoms with Crippen molar-refractivity contribution >= 4 is 11.8 Å². The van der Waals surface area contributed by atoms with Crippen molar-refractivity contribution in [3.8, 4) is 0 Å². The molecule has 2 aliphatic rings. The second-order valence-electron chi connectivity index (χ2n) is 7.18. The molecule has 2 aliphatic heterocycles. The Morgan fingerprint density at radius 2 is 2.26 bits per heavy atom. The number of hydrogen-bond donors (Lipinski definition) is 1. The van der Waals surface area contributed by atoms with Gasteiger partial charge in [-0.3, -0.25) is 0 Å². The van der Waals surface area contributed by atoms with E-state index in [0.29, 0.717) is 11.5 Å². The zero-order valence-electron chi connectivity index (χ0n) is 13.1. The third-order valence-electron chi connectivity index (χ3n) is 5.05. The summed E-state index contributed by atoms with van der Waals surface area (Å²) in [5.41, 5.74) is 0.651. The van der Waals surface area contributed by atoms with Gasteiger partial charge in [-0.25, -0.2) is 0 Å². The van der Waals surface area contributed by atoms with Crippen LogP contribution in [0.15, 0.2) is 0 Å². The average molecular weight is 285 g/mol. The maximum absolute atomic E-state index is 6.17. The average Bonchev–Trinajstić information content (AvgIpc) is 2.77. The number of ether oxygens (including phenoxy) is 1. The summed E-state index contributed by atoms with van der Waals surface area (Å²) < 4.78 is 6.17. The first kappa shape index (κ1) is 15.7. The molecule has 2 heterocycles. The highest BCUT2D eigenvalue weighted by atomic mass is 32.2. The van der Waals surface area contributed by atoms with Crippen LogP contribution in [0.5, 0.6) is 0 Å². The highest BCUT2D eigenvalue weighted by Crippen LogP contribution is 2.47. The van der Waals surface area contributed by atoms with Crippen LogP contribution in [0.4, 0.5) is 0 Å². The van der Waals surface area contributed by atoms with Gasteiger partial charge in [-0.05, 0) is 56.2 Å². The van der Waals surface area contributed by atoms with Crippen molar-refractivity contribution in [1.29, 1.82) is 0 Å². The van der Waals surface area contributed by atoms with E-state index in [2.05, 4.69) is 44.8 Å². The van der Waals surface area contributed by atoms with Gasteiger partial charge in [0.15, 0.2) is 0 Å². The van der Waals surface area contributed by atoms with Gasteiger partial charge in [0.25, 0.3) is 0 Å². The summed E-state index contributed by atoms with van der Waals surface area (Å²) in [6.07, 6.45) is 5.08. The summed E-state index contributed by atoms with van der Waals surface area (Å²) in [5.74, 6) is 3.34. The van der Waals surface area contributed by atoms with Crippen molar-refractivity contribution in [2.75, 3.05) is 24.7 Å². The van der Waals surface area contributed by atoms with Crippen LogP contribution in [0.3, 0.4) is 0 Å². The summed E-state index contributed by atoms with van der Waals surface area (Å²) in [4.78, 5) is 0. The van der Waals surface area contributed by atoms with Crippen LogP contribution in [-0.4, -0.2) is 36.3 Å². The van der Waals surface area contributed by atoms with E-state index in [-0.39, 0.29) is 5.60 Å². The topological polar surface area (TPSA) is 21.3 Å². The number of nitrogens with one attached hydrogen (secondary N) is 1. The van der Waals surface area contributed by atoms with Gasteiger partial charge >= 0.3 is 0 Å². The molecule has 1 spiro atoms. The minimum absolute atomic E-state index is 0.228. The van der Waals surface area contributed by atoms with Crippen LogP contribution in [0, 0.1) is 11.3 Å². The Bertz CT molecular complexity index is 286. The number of thioether (sulfide) groups is 1. The second kappa shape index (κ2) is 6.36. The van der Waals surface area contributed by atoms with E-state index < -0.39 is 0 Å². The minimum atomic E-state index is 0.228. The van der Waals surface area contributed by atoms with Gasteiger partial charge in [-0.1, -0.05) is 20.8 Å². The molecule has 0 amide bonds. The Hall–Kier alpha value is 0.270.